The molecule has 0 amide bonds. The van der Waals surface area contributed by atoms with Crippen molar-refractivity contribution in [2.75, 3.05) is 5.32 Å². The van der Waals surface area contributed by atoms with Crippen LogP contribution in [0, 0.1) is 0 Å². The Balaban J connectivity index is 2.42. The van der Waals surface area contributed by atoms with E-state index in [1.807, 2.05) is 0 Å². The van der Waals surface area contributed by atoms with Crippen LogP contribution >= 0.6 is 0 Å². The van der Waals surface area contributed by atoms with E-state index >= 15 is 0 Å². The van der Waals surface area contributed by atoms with Crippen molar-refractivity contribution in [2.24, 2.45) is 0 Å². The van der Waals surface area contributed by atoms with E-state index in [-0.39, 0.29) is 0 Å². The van der Waals surface area contributed by atoms with Crippen molar-refractivity contribution in [3.63, 3.8) is 0 Å². The second kappa shape index (κ2) is 2.35. The van der Waals surface area contributed by atoms with Gasteiger partial charge in [-0.3, -0.25) is 0 Å². The van der Waals surface area contributed by atoms with Crippen LogP contribution in [0.2, 0.25) is 0 Å². The SMILES string of the molecule is [Zn][CH]1Cc2ccccc2N1. The third-order valence-corrected chi connectivity index (χ3v) is 2.88. The van der Waals surface area contributed by atoms with Gasteiger partial charge in [-0.2, -0.15) is 0 Å². The molecule has 2 heteroatoms. The van der Waals surface area contributed by atoms with E-state index in [2.05, 4.69) is 29.6 Å². The molecule has 1 unspecified atom stereocenters. The Labute approximate surface area is 70.5 Å². The van der Waals surface area contributed by atoms with Crippen LogP contribution in [0.15, 0.2) is 24.3 Å². The average molecular weight is 184 g/mol. The Morgan fingerprint density at radius 2 is 2.20 bits per heavy atom. The van der Waals surface area contributed by atoms with Crippen molar-refractivity contribution in [3.05, 3.63) is 29.8 Å². The predicted molar refractivity (Wildman–Crippen MR) is 37.6 cm³/mol. The third-order valence-electron chi connectivity index (χ3n) is 1.84. The summed E-state index contributed by atoms with van der Waals surface area (Å²) in [4.78, 5) is 0. The van der Waals surface area contributed by atoms with Crippen LogP contribution in [0.3, 0.4) is 0 Å². The number of nitrogens with one attached hydrogen (secondary N) is 1. The zero-order valence-corrected chi connectivity index (χ0v) is 8.77. The number of hydrogen-bond donors (Lipinski definition) is 1. The zero-order chi connectivity index (χ0) is 6.97. The van der Waals surface area contributed by atoms with Gasteiger partial charge >= 0.3 is 70.2 Å². The van der Waals surface area contributed by atoms with E-state index < -0.39 is 0 Å². The van der Waals surface area contributed by atoms with Gasteiger partial charge in [-0.25, -0.2) is 0 Å². The first-order chi connectivity index (χ1) is 4.86. The van der Waals surface area contributed by atoms with Crippen LogP contribution in [0.4, 0.5) is 5.69 Å². The van der Waals surface area contributed by atoms with E-state index in [0.29, 0.717) is 0 Å². The Morgan fingerprint density at radius 3 is 3.00 bits per heavy atom. The quantitative estimate of drug-likeness (QED) is 0.602. The summed E-state index contributed by atoms with van der Waals surface area (Å²) in [5.74, 6) is 0. The number of anilines is 1. The van der Waals surface area contributed by atoms with Gasteiger partial charge in [0.15, 0.2) is 0 Å². The van der Waals surface area contributed by atoms with Gasteiger partial charge in [-0.15, -0.1) is 0 Å². The van der Waals surface area contributed by atoms with Crippen LogP contribution in [0.5, 0.6) is 0 Å². The minimum absolute atomic E-state index is 0.748. The molecule has 1 nitrogen and oxygen atoms in total. The molecule has 0 bridgehead atoms. The summed E-state index contributed by atoms with van der Waals surface area (Å²) < 4.78 is 0.748. The van der Waals surface area contributed by atoms with E-state index in [1.54, 1.807) is 0 Å². The molecule has 47 valence electrons. The molecule has 0 saturated heterocycles. The number of rotatable bonds is 0. The van der Waals surface area contributed by atoms with E-state index in [9.17, 15) is 0 Å². The Hall–Kier alpha value is -0.357. The summed E-state index contributed by atoms with van der Waals surface area (Å²) in [6.45, 7) is 0. The first-order valence-corrected chi connectivity index (χ1v) is 5.25. The van der Waals surface area contributed by atoms with E-state index in [0.717, 1.165) is 4.64 Å². The van der Waals surface area contributed by atoms with E-state index in [4.69, 9.17) is 0 Å². The molecule has 1 heterocycles. The molecule has 10 heavy (non-hydrogen) atoms. The monoisotopic (exact) mass is 182 g/mol. The van der Waals surface area contributed by atoms with Gasteiger partial charge in [0.25, 0.3) is 0 Å². The van der Waals surface area contributed by atoms with Gasteiger partial charge < -0.3 is 0 Å². The molecule has 0 fully saturated rings. The molecule has 1 N–H and O–H groups in total. The van der Waals surface area contributed by atoms with Gasteiger partial charge in [0.2, 0.25) is 0 Å². The minimum atomic E-state index is 0.748. The molecule has 1 aliphatic heterocycles. The standard InChI is InChI=1S/C8H8N.Zn/c1-2-4-8-7(3-1)5-6-9-8;/h1-4,6,9H,5H2;. The maximum atomic E-state index is 3.45. The molecule has 0 aliphatic carbocycles. The Bertz CT molecular complexity index is 222. The van der Waals surface area contributed by atoms with Crippen LogP contribution in [-0.2, 0) is 24.7 Å². The van der Waals surface area contributed by atoms with Crippen molar-refractivity contribution in [3.8, 4) is 0 Å². The van der Waals surface area contributed by atoms with Crippen LogP contribution < -0.4 is 5.32 Å². The Morgan fingerprint density at radius 1 is 1.40 bits per heavy atom. The molecule has 1 aromatic carbocycles. The van der Waals surface area contributed by atoms with Gasteiger partial charge in [0.1, 0.15) is 0 Å². The fraction of sp³-hybridized carbons (Fsp3) is 0.250. The molecular weight excluding hydrogens is 175 g/mol. The summed E-state index contributed by atoms with van der Waals surface area (Å²) in [5, 5.41) is 3.45. The van der Waals surface area contributed by atoms with Crippen molar-refractivity contribution >= 4 is 5.69 Å². The predicted octanol–water partition coefficient (Wildman–Crippen LogP) is 1.53. The number of para-hydroxylation sites is 1. The fourth-order valence-corrected chi connectivity index (χ4v) is 2.49. The van der Waals surface area contributed by atoms with Crippen molar-refractivity contribution in [1.29, 1.82) is 0 Å². The van der Waals surface area contributed by atoms with E-state index in [1.165, 1.54) is 36.0 Å². The van der Waals surface area contributed by atoms with Gasteiger partial charge in [-0.1, -0.05) is 0 Å². The first kappa shape index (κ1) is 6.36. The zero-order valence-electron chi connectivity index (χ0n) is 5.80. The van der Waals surface area contributed by atoms with Gasteiger partial charge in [-0.05, 0) is 0 Å². The van der Waals surface area contributed by atoms with Crippen LogP contribution in [0.1, 0.15) is 5.56 Å². The molecule has 1 atom stereocenters. The topological polar surface area (TPSA) is 12.0 Å². The molecule has 0 saturated carbocycles. The second-order valence-corrected chi connectivity index (χ2v) is 4.77. The molecule has 0 aromatic heterocycles. The molecule has 1 aromatic rings. The first-order valence-electron chi connectivity index (χ1n) is 3.54. The maximum absolute atomic E-state index is 3.45. The van der Waals surface area contributed by atoms with Gasteiger partial charge in [0, 0.05) is 0 Å². The van der Waals surface area contributed by atoms with Gasteiger partial charge in [0.05, 0.1) is 0 Å². The number of hydrogen-bond acceptors (Lipinski definition) is 1. The number of fused-ring (bicyclic) bond motifs is 1. The summed E-state index contributed by atoms with van der Waals surface area (Å²) >= 11 is 1.34. The summed E-state index contributed by atoms with van der Waals surface area (Å²) in [5.41, 5.74) is 2.83. The summed E-state index contributed by atoms with van der Waals surface area (Å²) in [6.07, 6.45) is 1.23. The molecule has 2 rings (SSSR count). The normalized spacial score (nSPS) is 22.0. The van der Waals surface area contributed by atoms with Crippen molar-refractivity contribution in [1.82, 2.24) is 0 Å². The van der Waals surface area contributed by atoms with Crippen LogP contribution in [0.25, 0.3) is 0 Å². The molecule has 1 aliphatic rings. The summed E-state index contributed by atoms with van der Waals surface area (Å²) in [6, 6.07) is 8.56. The average Bonchev–Trinajstić information content (AvgIpc) is 2.27. The molecule has 0 spiro atoms. The number of benzene rings is 1. The van der Waals surface area contributed by atoms with Crippen LogP contribution in [-0.4, -0.2) is 4.64 Å². The molecule has 0 radical (unpaired) electrons. The van der Waals surface area contributed by atoms with Crippen molar-refractivity contribution in [2.45, 2.75) is 11.1 Å². The van der Waals surface area contributed by atoms with Crippen molar-refractivity contribution < 1.29 is 18.3 Å². The summed E-state index contributed by atoms with van der Waals surface area (Å²) in [7, 11) is 0. The third kappa shape index (κ3) is 0.971. The molecular formula is C8H8NZn. The second-order valence-electron chi connectivity index (χ2n) is 2.70. The fourth-order valence-electron chi connectivity index (χ4n) is 1.38. The Kier molecular flexibility index (Phi) is 1.50.